The maximum atomic E-state index is 11.6. The van der Waals surface area contributed by atoms with Gasteiger partial charge in [0, 0.05) is 12.6 Å². The number of rotatable bonds is 6. The molecule has 0 fully saturated rings. The molecule has 2 rings (SSSR count). The van der Waals surface area contributed by atoms with E-state index in [4.69, 9.17) is 0 Å². The summed E-state index contributed by atoms with van der Waals surface area (Å²) in [7, 11) is 0. The molecule has 21 heavy (non-hydrogen) atoms. The quantitative estimate of drug-likeness (QED) is 0.608. The third-order valence-corrected chi connectivity index (χ3v) is 2.74. The van der Waals surface area contributed by atoms with Crippen LogP contribution in [0, 0.1) is 16.0 Å². The van der Waals surface area contributed by atoms with Crippen molar-refractivity contribution in [1.29, 1.82) is 0 Å². The molecule has 0 saturated carbocycles. The van der Waals surface area contributed by atoms with Crippen LogP contribution in [0.15, 0.2) is 16.8 Å². The minimum atomic E-state index is -0.564. The first kappa shape index (κ1) is 14.7. The highest BCUT2D eigenvalue weighted by atomic mass is 16.6. The first-order valence-electron chi connectivity index (χ1n) is 6.39. The molecule has 0 aliphatic heterocycles. The first-order chi connectivity index (χ1) is 9.99. The van der Waals surface area contributed by atoms with Gasteiger partial charge in [-0.25, -0.2) is 4.63 Å². The number of aromatic nitrogens is 2. The highest BCUT2D eigenvalue weighted by molar-refractivity contribution is 5.94. The summed E-state index contributed by atoms with van der Waals surface area (Å²) < 4.78 is 4.54. The van der Waals surface area contributed by atoms with Gasteiger partial charge in [0.2, 0.25) is 11.4 Å². The van der Waals surface area contributed by atoms with Crippen LogP contribution in [0.5, 0.6) is 0 Å². The number of fused-ring (bicyclic) bond motifs is 1. The van der Waals surface area contributed by atoms with Crippen molar-refractivity contribution in [3.05, 3.63) is 22.2 Å². The average Bonchev–Trinajstić information content (AvgIpc) is 2.91. The molecule has 0 spiro atoms. The molecule has 1 aromatic heterocycles. The largest absolute Gasteiger partial charge is 0.374 e. The van der Waals surface area contributed by atoms with Crippen molar-refractivity contribution >= 4 is 28.3 Å². The van der Waals surface area contributed by atoms with Crippen LogP contribution in [0.3, 0.4) is 0 Å². The van der Waals surface area contributed by atoms with Crippen LogP contribution in [0.4, 0.5) is 11.4 Å². The smallest absolute Gasteiger partial charge is 0.300 e. The predicted molar refractivity (Wildman–Crippen MR) is 74.8 cm³/mol. The van der Waals surface area contributed by atoms with E-state index in [1.807, 2.05) is 13.8 Å². The average molecular weight is 293 g/mol. The number of non-ortho nitro benzene ring substituents is 1. The van der Waals surface area contributed by atoms with E-state index in [2.05, 4.69) is 25.6 Å². The van der Waals surface area contributed by atoms with Crippen LogP contribution in [0.2, 0.25) is 0 Å². The molecule has 2 N–H and O–H groups in total. The fourth-order valence-corrected chi connectivity index (χ4v) is 1.70. The summed E-state index contributed by atoms with van der Waals surface area (Å²) in [5, 5.41) is 23.6. The molecule has 2 aromatic rings. The molecule has 0 bridgehead atoms. The number of hydrogen-bond acceptors (Lipinski definition) is 7. The van der Waals surface area contributed by atoms with Gasteiger partial charge in [0.1, 0.15) is 0 Å². The predicted octanol–water partition coefficient (Wildman–Crippen LogP) is 1.32. The highest BCUT2D eigenvalue weighted by Gasteiger charge is 2.19. The van der Waals surface area contributed by atoms with E-state index in [1.165, 1.54) is 12.1 Å². The number of nitrogens with one attached hydrogen (secondary N) is 2. The third kappa shape index (κ3) is 3.44. The van der Waals surface area contributed by atoms with Crippen LogP contribution in [-0.2, 0) is 4.79 Å². The zero-order valence-corrected chi connectivity index (χ0v) is 11.6. The summed E-state index contributed by atoms with van der Waals surface area (Å²) in [6.45, 7) is 4.61. The topological polar surface area (TPSA) is 123 Å². The van der Waals surface area contributed by atoms with Gasteiger partial charge in [0.15, 0.2) is 5.52 Å². The number of carbonyl (C=O) groups is 1. The van der Waals surface area contributed by atoms with Gasteiger partial charge in [-0.1, -0.05) is 13.8 Å². The zero-order chi connectivity index (χ0) is 15.4. The number of amides is 1. The van der Waals surface area contributed by atoms with E-state index < -0.39 is 4.92 Å². The molecule has 9 heteroatoms. The maximum absolute atomic E-state index is 11.6. The Bertz CT molecular complexity index is 667. The second kappa shape index (κ2) is 6.16. The monoisotopic (exact) mass is 293 g/mol. The fourth-order valence-electron chi connectivity index (χ4n) is 1.70. The lowest BCUT2D eigenvalue weighted by Gasteiger charge is -2.09. The number of nitrogens with zero attached hydrogens (tertiary/aromatic N) is 3. The van der Waals surface area contributed by atoms with Gasteiger partial charge in [0.05, 0.1) is 17.2 Å². The Labute approximate surface area is 119 Å². The second-order valence-electron chi connectivity index (χ2n) is 4.90. The normalized spacial score (nSPS) is 10.8. The summed E-state index contributed by atoms with van der Waals surface area (Å²) in [5.74, 6) is 0.187. The van der Waals surface area contributed by atoms with Crippen molar-refractivity contribution in [2.45, 2.75) is 13.8 Å². The second-order valence-corrected chi connectivity index (χ2v) is 4.90. The van der Waals surface area contributed by atoms with Crippen LogP contribution in [0.1, 0.15) is 13.8 Å². The molecule has 112 valence electrons. The van der Waals surface area contributed by atoms with E-state index in [0.717, 1.165) is 0 Å². The van der Waals surface area contributed by atoms with Gasteiger partial charge < -0.3 is 10.6 Å². The van der Waals surface area contributed by atoms with E-state index in [1.54, 1.807) is 0 Å². The van der Waals surface area contributed by atoms with Gasteiger partial charge in [-0.2, -0.15) is 0 Å². The number of hydrogen-bond donors (Lipinski definition) is 2. The number of benzene rings is 1. The Kier molecular flexibility index (Phi) is 4.31. The minimum Gasteiger partial charge on any atom is -0.374 e. The van der Waals surface area contributed by atoms with E-state index in [9.17, 15) is 14.9 Å². The third-order valence-electron chi connectivity index (χ3n) is 2.74. The van der Waals surface area contributed by atoms with Crippen LogP contribution >= 0.6 is 0 Å². The number of anilines is 1. The lowest BCUT2D eigenvalue weighted by atomic mass is 10.2. The van der Waals surface area contributed by atoms with Gasteiger partial charge >= 0.3 is 5.69 Å². The lowest BCUT2D eigenvalue weighted by Crippen LogP contribution is -2.32. The van der Waals surface area contributed by atoms with Crippen molar-refractivity contribution in [3.8, 4) is 0 Å². The van der Waals surface area contributed by atoms with E-state index >= 15 is 0 Å². The van der Waals surface area contributed by atoms with Crippen LogP contribution < -0.4 is 10.6 Å². The van der Waals surface area contributed by atoms with Crippen molar-refractivity contribution in [3.63, 3.8) is 0 Å². The summed E-state index contributed by atoms with van der Waals surface area (Å²) >= 11 is 0. The van der Waals surface area contributed by atoms with Crippen LogP contribution in [-0.4, -0.2) is 34.2 Å². The summed E-state index contributed by atoms with van der Waals surface area (Å²) in [5.41, 5.74) is 0.533. The molecule has 0 atom stereocenters. The molecule has 0 saturated heterocycles. The summed E-state index contributed by atoms with van der Waals surface area (Å²) in [6, 6.07) is 2.77. The Morgan fingerprint density at radius 2 is 2.10 bits per heavy atom. The Morgan fingerprint density at radius 1 is 1.38 bits per heavy atom. The molecule has 0 radical (unpaired) electrons. The molecule has 1 heterocycles. The van der Waals surface area contributed by atoms with Gasteiger partial charge in [0.25, 0.3) is 0 Å². The molecular weight excluding hydrogens is 278 g/mol. The molecule has 1 aromatic carbocycles. The number of nitro benzene ring substituents is 1. The standard InChI is InChI=1S/C12H15N5O4/c1-7(2)5-14-10(18)6-13-8-3-4-9(17(19)20)12-11(8)15-21-16-12/h3-4,7,13H,5-6H2,1-2H3,(H,14,18). The Morgan fingerprint density at radius 3 is 2.76 bits per heavy atom. The van der Waals surface area contributed by atoms with Crippen molar-refractivity contribution in [1.82, 2.24) is 15.6 Å². The Balaban J connectivity index is 2.10. The SMILES string of the molecule is CC(C)CNC(=O)CNc1ccc([N+](=O)[O-])c2nonc12. The summed E-state index contributed by atoms with van der Waals surface area (Å²) in [6.07, 6.45) is 0. The number of carbonyl (C=O) groups excluding carboxylic acids is 1. The number of nitro groups is 1. The highest BCUT2D eigenvalue weighted by Crippen LogP contribution is 2.28. The van der Waals surface area contributed by atoms with Gasteiger partial charge in [-0.15, -0.1) is 0 Å². The molecular formula is C12H15N5O4. The minimum absolute atomic E-state index is 0.0342. The Hall–Kier alpha value is -2.71. The van der Waals surface area contributed by atoms with Gasteiger partial charge in [-0.05, 0) is 22.3 Å². The summed E-state index contributed by atoms with van der Waals surface area (Å²) in [4.78, 5) is 21.9. The van der Waals surface area contributed by atoms with Crippen molar-refractivity contribution in [2.75, 3.05) is 18.4 Å². The molecule has 1 amide bonds. The van der Waals surface area contributed by atoms with E-state index in [-0.39, 0.29) is 29.2 Å². The lowest BCUT2D eigenvalue weighted by molar-refractivity contribution is -0.383. The first-order valence-corrected chi connectivity index (χ1v) is 6.39. The maximum Gasteiger partial charge on any atom is 0.300 e. The molecule has 0 aliphatic carbocycles. The van der Waals surface area contributed by atoms with Crippen LogP contribution in [0.25, 0.3) is 11.0 Å². The molecule has 9 nitrogen and oxygen atoms in total. The van der Waals surface area contributed by atoms with Gasteiger partial charge in [-0.3, -0.25) is 14.9 Å². The van der Waals surface area contributed by atoms with Crippen molar-refractivity contribution in [2.24, 2.45) is 5.92 Å². The van der Waals surface area contributed by atoms with E-state index in [0.29, 0.717) is 18.2 Å². The molecule has 0 unspecified atom stereocenters. The fraction of sp³-hybridized carbons (Fsp3) is 0.417. The molecule has 0 aliphatic rings. The van der Waals surface area contributed by atoms with Crippen molar-refractivity contribution < 1.29 is 14.3 Å². The zero-order valence-electron chi connectivity index (χ0n) is 11.6.